The second-order valence-electron chi connectivity index (χ2n) is 10.1. The third-order valence-corrected chi connectivity index (χ3v) is 6.02. The lowest BCUT2D eigenvalue weighted by Gasteiger charge is -2.48. The van der Waals surface area contributed by atoms with E-state index in [2.05, 4.69) is 0 Å². The molecule has 0 aromatic heterocycles. The highest BCUT2D eigenvalue weighted by atomic mass is 19.4. The maximum absolute atomic E-state index is 14.6. The van der Waals surface area contributed by atoms with Gasteiger partial charge >= 0.3 is 83.7 Å². The van der Waals surface area contributed by atoms with Gasteiger partial charge in [0.05, 0.1) is 0 Å². The highest BCUT2D eigenvalue weighted by molar-refractivity contribution is 5.93. The minimum Gasteiger partial charge on any atom is -0.269 e. The van der Waals surface area contributed by atoms with Crippen molar-refractivity contribution in [3.05, 3.63) is 12.2 Å². The number of halogens is 30. The number of nitrogens with zero attached hydrogens (tertiary/aromatic N) is 1. The Bertz CT molecular complexity index is 1240. The molecule has 0 radical (unpaired) electrons. The van der Waals surface area contributed by atoms with Crippen LogP contribution in [0.5, 0.6) is 0 Å². The smallest absolute Gasteiger partial charge is 0.269 e. The van der Waals surface area contributed by atoms with Crippen molar-refractivity contribution in [2.75, 3.05) is 0 Å². The van der Waals surface area contributed by atoms with E-state index < -0.39 is 120 Å². The molecule has 0 saturated carbocycles. The maximum Gasteiger partial charge on any atom is 0.402 e. The van der Waals surface area contributed by atoms with Crippen molar-refractivity contribution in [3.63, 3.8) is 0 Å². The zero-order valence-electron chi connectivity index (χ0n) is 23.3. The zero-order valence-corrected chi connectivity index (χ0v) is 23.3. The molecule has 0 aliphatic rings. The van der Waals surface area contributed by atoms with E-state index in [4.69, 9.17) is 0 Å². The summed E-state index contributed by atoms with van der Waals surface area (Å²) in [6.07, 6.45) is -23.3. The molecule has 310 valence electrons. The van der Waals surface area contributed by atoms with Gasteiger partial charge in [0.25, 0.3) is 5.91 Å². The van der Waals surface area contributed by atoms with Crippen molar-refractivity contribution in [3.8, 4) is 0 Å². The fraction of sp³-hybridized carbons (Fsp3) is 0.850. The molecule has 52 heavy (non-hydrogen) atoms. The summed E-state index contributed by atoms with van der Waals surface area (Å²) in [5, 5.41) is 0. The summed E-state index contributed by atoms with van der Waals surface area (Å²) in [5.74, 6) is -94.1. The minimum atomic E-state index is -9.48. The van der Waals surface area contributed by atoms with Crippen LogP contribution >= 0.6 is 0 Å². The molecular weight excluding hydrogens is 840 g/mol. The first-order chi connectivity index (χ1) is 21.9. The van der Waals surface area contributed by atoms with Crippen LogP contribution in [0.25, 0.3) is 0 Å². The standard InChI is InChI=1S/C20H9F30NO/c1-5(2)6(52)51(19(47,48)17(43,44)15(39,40)13(35,36)11(31,32)7(21,22)3-9(25,26)27)20(49,50)18(45,46)16(41,42)14(37,38)12(33,34)8(23,24)4-10(28,29)30/h1,3-4H2,2H3. The first-order valence-corrected chi connectivity index (χ1v) is 11.6. The highest BCUT2D eigenvalue weighted by Crippen LogP contribution is 2.66. The Morgan fingerprint density at radius 1 is 0.385 bits per heavy atom. The van der Waals surface area contributed by atoms with E-state index in [1.165, 1.54) is 0 Å². The normalized spacial score (nSPS) is 16.3. The van der Waals surface area contributed by atoms with Crippen LogP contribution in [-0.2, 0) is 4.79 Å². The van der Waals surface area contributed by atoms with Gasteiger partial charge < -0.3 is 0 Å². The topological polar surface area (TPSA) is 20.3 Å². The second-order valence-corrected chi connectivity index (χ2v) is 10.1. The van der Waals surface area contributed by atoms with Gasteiger partial charge in [0, 0.05) is 5.57 Å². The Kier molecular flexibility index (Phi) is 11.9. The fourth-order valence-corrected chi connectivity index (χ4v) is 3.25. The lowest BCUT2D eigenvalue weighted by atomic mass is 9.90. The Hall–Kier alpha value is -2.89. The molecule has 0 aromatic carbocycles. The van der Waals surface area contributed by atoms with Gasteiger partial charge in [-0.25, -0.2) is 4.90 Å². The zero-order chi connectivity index (χ0) is 43.1. The van der Waals surface area contributed by atoms with Gasteiger partial charge in [0.15, 0.2) is 0 Å². The molecule has 1 amide bonds. The van der Waals surface area contributed by atoms with E-state index in [1.54, 1.807) is 0 Å². The summed E-state index contributed by atoms with van der Waals surface area (Å²) in [4.78, 5) is 7.04. The van der Waals surface area contributed by atoms with Gasteiger partial charge in [-0.3, -0.25) is 4.79 Å². The van der Waals surface area contributed by atoms with Gasteiger partial charge in [-0.05, 0) is 6.92 Å². The molecule has 0 unspecified atom stereocenters. The van der Waals surface area contributed by atoms with Gasteiger partial charge in [0.1, 0.15) is 12.8 Å². The quantitative estimate of drug-likeness (QED) is 0.0913. The molecule has 0 aliphatic carbocycles. The third kappa shape index (κ3) is 7.06. The SMILES string of the molecule is C=C(C)C(=O)N(C(F)(F)C(F)(F)C(F)(F)C(F)(F)C(F)(F)C(F)(F)CC(F)(F)F)C(F)(F)C(F)(F)C(F)(F)C(F)(F)C(F)(F)C(F)(F)CC(F)(F)F. The van der Waals surface area contributed by atoms with Crippen LogP contribution in [0.1, 0.15) is 19.8 Å². The number of hydrogen-bond acceptors (Lipinski definition) is 1. The summed E-state index contributed by atoms with van der Waals surface area (Å²) in [5.41, 5.74) is -2.68. The molecule has 0 saturated heterocycles. The number of alkyl halides is 30. The lowest BCUT2D eigenvalue weighted by molar-refractivity contribution is -0.474. The number of amides is 1. The minimum absolute atomic E-state index is 0.574. The van der Waals surface area contributed by atoms with E-state index >= 15 is 0 Å². The Morgan fingerprint density at radius 3 is 0.750 bits per heavy atom. The average Bonchev–Trinajstić information content (AvgIpc) is 2.84. The van der Waals surface area contributed by atoms with Crippen molar-refractivity contribution < 1.29 is 137 Å². The maximum atomic E-state index is 14.6. The van der Waals surface area contributed by atoms with E-state index in [0.717, 1.165) is 0 Å². The fourth-order valence-electron chi connectivity index (χ4n) is 3.25. The largest absolute Gasteiger partial charge is 0.402 e. The van der Waals surface area contributed by atoms with Crippen molar-refractivity contribution in [2.45, 2.75) is 103 Å². The third-order valence-electron chi connectivity index (χ3n) is 6.02. The summed E-state index contributed by atoms with van der Waals surface area (Å²) in [6.45, 7) is 1.26. The van der Waals surface area contributed by atoms with Gasteiger partial charge in [-0.1, -0.05) is 6.58 Å². The Balaban J connectivity index is 7.94. The predicted molar refractivity (Wildman–Crippen MR) is 102 cm³/mol. The number of carbonyl (C=O) groups is 1. The van der Waals surface area contributed by atoms with Crippen LogP contribution in [-0.4, -0.2) is 94.5 Å². The number of hydrogen-bond donors (Lipinski definition) is 0. The Labute approximate surface area is 264 Å². The molecule has 0 N–H and O–H groups in total. The van der Waals surface area contributed by atoms with Gasteiger partial charge in [-0.15, -0.1) is 0 Å². The molecule has 0 atom stereocenters. The van der Waals surface area contributed by atoms with E-state index in [0.29, 0.717) is 0 Å². The van der Waals surface area contributed by atoms with Crippen LogP contribution in [0.4, 0.5) is 132 Å². The van der Waals surface area contributed by atoms with Crippen molar-refractivity contribution in [2.24, 2.45) is 0 Å². The second kappa shape index (κ2) is 12.6. The van der Waals surface area contributed by atoms with Crippen LogP contribution in [0.15, 0.2) is 12.2 Å². The van der Waals surface area contributed by atoms with E-state index in [9.17, 15) is 137 Å². The van der Waals surface area contributed by atoms with Crippen LogP contribution in [0.2, 0.25) is 0 Å². The molecular formula is C20H9F30NO. The molecule has 0 fully saturated rings. The Morgan fingerprint density at radius 2 is 0.577 bits per heavy atom. The summed E-state index contributed by atoms with van der Waals surface area (Å²) in [7, 11) is 0. The molecule has 0 aliphatic heterocycles. The highest BCUT2D eigenvalue weighted by Gasteiger charge is 2.96. The average molecular weight is 849 g/mol. The monoisotopic (exact) mass is 849 g/mol. The number of rotatable bonds is 15. The molecule has 2 nitrogen and oxygen atoms in total. The summed E-state index contributed by atoms with van der Waals surface area (Å²) in [6, 6.07) is -18.4. The first-order valence-electron chi connectivity index (χ1n) is 11.6. The van der Waals surface area contributed by atoms with E-state index in [1.807, 2.05) is 6.58 Å². The summed E-state index contributed by atoms with van der Waals surface area (Å²) < 4.78 is 408. The first kappa shape index (κ1) is 49.1. The molecule has 0 rings (SSSR count). The van der Waals surface area contributed by atoms with Gasteiger partial charge in [0.2, 0.25) is 0 Å². The van der Waals surface area contributed by atoms with Crippen molar-refractivity contribution in [1.82, 2.24) is 4.90 Å². The molecule has 32 heteroatoms. The predicted octanol–water partition coefficient (Wildman–Crippen LogP) is 10.8. The molecule has 0 bridgehead atoms. The molecule has 0 spiro atoms. The van der Waals surface area contributed by atoms with E-state index in [-0.39, 0.29) is 0 Å². The molecule has 0 aromatic rings. The van der Waals surface area contributed by atoms with Crippen LogP contribution in [0, 0.1) is 0 Å². The van der Waals surface area contributed by atoms with Gasteiger partial charge in [-0.2, -0.15) is 132 Å². The van der Waals surface area contributed by atoms with Crippen molar-refractivity contribution in [1.29, 1.82) is 0 Å². The lowest BCUT2D eigenvalue weighted by Crippen LogP contribution is -2.79. The van der Waals surface area contributed by atoms with Crippen molar-refractivity contribution >= 4 is 5.91 Å². The number of carbonyl (C=O) groups excluding carboxylic acids is 1. The van der Waals surface area contributed by atoms with Crippen LogP contribution in [0.3, 0.4) is 0 Å². The van der Waals surface area contributed by atoms with Crippen LogP contribution < -0.4 is 0 Å². The molecule has 0 heterocycles. The summed E-state index contributed by atoms with van der Waals surface area (Å²) >= 11 is 0.